The van der Waals surface area contributed by atoms with Crippen molar-refractivity contribution >= 4 is 5.91 Å². The number of primary amides is 1. The summed E-state index contributed by atoms with van der Waals surface area (Å²) in [5.41, 5.74) is 15.4. The number of piperidine rings is 1. The third-order valence-electron chi connectivity index (χ3n) is 4.27. The summed E-state index contributed by atoms with van der Waals surface area (Å²) in [6.45, 7) is 6.87. The first kappa shape index (κ1) is 15.0. The summed E-state index contributed by atoms with van der Waals surface area (Å²) in [5, 5.41) is 0. The smallest absolute Gasteiger partial charge is 0.220 e. The van der Waals surface area contributed by atoms with Crippen LogP contribution in [0.25, 0.3) is 0 Å². The van der Waals surface area contributed by atoms with Crippen LogP contribution in [0.15, 0.2) is 18.2 Å². The van der Waals surface area contributed by atoms with Crippen LogP contribution < -0.4 is 11.5 Å². The topological polar surface area (TPSA) is 72.3 Å². The van der Waals surface area contributed by atoms with Crippen LogP contribution in [0.3, 0.4) is 0 Å². The highest BCUT2D eigenvalue weighted by molar-refractivity contribution is 5.76. The summed E-state index contributed by atoms with van der Waals surface area (Å²) in [4.78, 5) is 13.5. The van der Waals surface area contributed by atoms with Crippen LogP contribution in [0, 0.1) is 19.8 Å². The Kier molecular flexibility index (Phi) is 4.78. The maximum atomic E-state index is 11.2. The predicted molar refractivity (Wildman–Crippen MR) is 81.2 cm³/mol. The van der Waals surface area contributed by atoms with Crippen LogP contribution in [0.4, 0.5) is 0 Å². The van der Waals surface area contributed by atoms with Gasteiger partial charge >= 0.3 is 0 Å². The molecule has 1 aromatic rings. The van der Waals surface area contributed by atoms with Gasteiger partial charge in [-0.25, -0.2) is 0 Å². The molecule has 1 fully saturated rings. The van der Waals surface area contributed by atoms with E-state index in [4.69, 9.17) is 11.5 Å². The van der Waals surface area contributed by atoms with Gasteiger partial charge in [-0.05, 0) is 50.9 Å². The second kappa shape index (κ2) is 6.37. The first-order valence-electron chi connectivity index (χ1n) is 7.31. The average molecular weight is 275 g/mol. The second-order valence-corrected chi connectivity index (χ2v) is 5.94. The summed E-state index contributed by atoms with van der Waals surface area (Å²) in [5.74, 6) is -0.119. The van der Waals surface area contributed by atoms with E-state index in [-0.39, 0.29) is 17.9 Å². The molecule has 1 saturated heterocycles. The lowest BCUT2D eigenvalue weighted by atomic mass is 9.94. The fourth-order valence-corrected chi connectivity index (χ4v) is 3.02. The molecule has 1 aliphatic rings. The zero-order chi connectivity index (χ0) is 14.7. The normalized spacial score (nSPS) is 18.9. The quantitative estimate of drug-likeness (QED) is 0.874. The van der Waals surface area contributed by atoms with Gasteiger partial charge in [0.15, 0.2) is 0 Å². The van der Waals surface area contributed by atoms with Gasteiger partial charge in [-0.3, -0.25) is 4.79 Å². The molecule has 4 heteroatoms. The van der Waals surface area contributed by atoms with E-state index in [0.29, 0.717) is 0 Å². The number of nitrogens with two attached hydrogens (primary N) is 2. The summed E-state index contributed by atoms with van der Waals surface area (Å²) >= 11 is 0. The minimum Gasteiger partial charge on any atom is -0.369 e. The highest BCUT2D eigenvalue weighted by Gasteiger charge is 2.24. The highest BCUT2D eigenvalue weighted by atomic mass is 16.1. The molecule has 4 N–H and O–H groups in total. The van der Waals surface area contributed by atoms with Crippen molar-refractivity contribution in [3.63, 3.8) is 0 Å². The van der Waals surface area contributed by atoms with Gasteiger partial charge in [-0.1, -0.05) is 23.8 Å². The molecule has 20 heavy (non-hydrogen) atoms. The molecule has 110 valence electrons. The van der Waals surface area contributed by atoms with Crippen molar-refractivity contribution in [2.24, 2.45) is 17.4 Å². The molecule has 0 saturated carbocycles. The van der Waals surface area contributed by atoms with E-state index < -0.39 is 0 Å². The molecule has 1 unspecified atom stereocenters. The zero-order valence-corrected chi connectivity index (χ0v) is 12.4. The summed E-state index contributed by atoms with van der Waals surface area (Å²) in [6, 6.07) is 6.45. The van der Waals surface area contributed by atoms with Crippen molar-refractivity contribution in [1.82, 2.24) is 4.90 Å². The lowest BCUT2D eigenvalue weighted by Gasteiger charge is -2.32. The number of carbonyl (C=O) groups excluding carboxylic acids is 1. The van der Waals surface area contributed by atoms with Crippen LogP contribution in [0.5, 0.6) is 0 Å². The Bertz CT molecular complexity index is 479. The number of hydrogen-bond donors (Lipinski definition) is 2. The highest BCUT2D eigenvalue weighted by Crippen LogP contribution is 2.21. The monoisotopic (exact) mass is 275 g/mol. The lowest BCUT2D eigenvalue weighted by molar-refractivity contribution is -0.123. The number of benzene rings is 1. The van der Waals surface area contributed by atoms with Crippen molar-refractivity contribution in [2.75, 3.05) is 19.6 Å². The summed E-state index contributed by atoms with van der Waals surface area (Å²) in [7, 11) is 0. The lowest BCUT2D eigenvalue weighted by Crippen LogP contribution is -2.41. The van der Waals surface area contributed by atoms with Crippen molar-refractivity contribution in [3.05, 3.63) is 34.9 Å². The van der Waals surface area contributed by atoms with E-state index in [2.05, 4.69) is 36.9 Å². The maximum absolute atomic E-state index is 11.2. The van der Waals surface area contributed by atoms with E-state index >= 15 is 0 Å². The van der Waals surface area contributed by atoms with Crippen LogP contribution in [0.2, 0.25) is 0 Å². The average Bonchev–Trinajstić information content (AvgIpc) is 2.39. The number of likely N-dealkylation sites (tertiary alicyclic amines) is 1. The molecule has 1 aromatic carbocycles. The Morgan fingerprint density at radius 1 is 1.35 bits per heavy atom. The molecule has 2 rings (SSSR count). The molecule has 0 aliphatic carbocycles. The Hall–Kier alpha value is -1.39. The Labute approximate surface area is 121 Å². The van der Waals surface area contributed by atoms with Crippen molar-refractivity contribution < 1.29 is 4.79 Å². The molecule has 4 nitrogen and oxygen atoms in total. The first-order valence-corrected chi connectivity index (χ1v) is 7.31. The van der Waals surface area contributed by atoms with Crippen LogP contribution in [-0.4, -0.2) is 30.4 Å². The predicted octanol–water partition coefficient (Wildman–Crippen LogP) is 1.50. The van der Waals surface area contributed by atoms with Gasteiger partial charge in [-0.2, -0.15) is 0 Å². The van der Waals surface area contributed by atoms with Crippen molar-refractivity contribution in [2.45, 2.75) is 32.7 Å². The van der Waals surface area contributed by atoms with Crippen LogP contribution in [-0.2, 0) is 4.79 Å². The fraction of sp³-hybridized carbons (Fsp3) is 0.562. The van der Waals surface area contributed by atoms with Crippen LogP contribution in [0.1, 0.15) is 35.6 Å². The van der Waals surface area contributed by atoms with Gasteiger partial charge in [0.25, 0.3) is 0 Å². The number of amides is 1. The molecule has 1 heterocycles. The Balaban J connectivity index is 1.92. The van der Waals surface area contributed by atoms with Gasteiger partial charge in [0.2, 0.25) is 5.91 Å². The number of rotatable bonds is 4. The molecule has 1 atom stereocenters. The number of hydrogen-bond acceptors (Lipinski definition) is 3. The zero-order valence-electron chi connectivity index (χ0n) is 12.4. The second-order valence-electron chi connectivity index (χ2n) is 5.94. The third kappa shape index (κ3) is 3.58. The van der Waals surface area contributed by atoms with E-state index in [1.807, 2.05) is 0 Å². The molecular formula is C16H25N3O. The summed E-state index contributed by atoms with van der Waals surface area (Å²) < 4.78 is 0. The van der Waals surface area contributed by atoms with Crippen molar-refractivity contribution in [1.29, 1.82) is 0 Å². The maximum Gasteiger partial charge on any atom is 0.220 e. The number of carbonyl (C=O) groups is 1. The standard InChI is InChI=1S/C16H25N3O/c1-11-3-4-14(12(2)9-11)15(17)10-19-7-5-13(6-8-19)16(18)20/h3-4,9,13,15H,5-8,10,17H2,1-2H3,(H2,18,20). The number of nitrogens with zero attached hydrogens (tertiary/aromatic N) is 1. The SMILES string of the molecule is Cc1ccc(C(N)CN2CCC(C(N)=O)CC2)c(C)c1. The molecular weight excluding hydrogens is 250 g/mol. The first-order chi connectivity index (χ1) is 9.47. The molecule has 0 aromatic heterocycles. The third-order valence-corrected chi connectivity index (χ3v) is 4.27. The van der Waals surface area contributed by atoms with Gasteiger partial charge < -0.3 is 16.4 Å². The van der Waals surface area contributed by atoms with E-state index in [0.717, 1.165) is 32.5 Å². The van der Waals surface area contributed by atoms with Gasteiger partial charge in [0, 0.05) is 18.5 Å². The molecule has 0 bridgehead atoms. The Morgan fingerprint density at radius 2 is 2.00 bits per heavy atom. The molecule has 0 radical (unpaired) electrons. The van der Waals surface area contributed by atoms with Gasteiger partial charge in [0.1, 0.15) is 0 Å². The summed E-state index contributed by atoms with van der Waals surface area (Å²) in [6.07, 6.45) is 1.71. The van der Waals surface area contributed by atoms with E-state index in [1.165, 1.54) is 16.7 Å². The molecule has 0 spiro atoms. The fourth-order valence-electron chi connectivity index (χ4n) is 3.02. The van der Waals surface area contributed by atoms with Crippen LogP contribution >= 0.6 is 0 Å². The largest absolute Gasteiger partial charge is 0.369 e. The minimum atomic E-state index is -0.164. The van der Waals surface area contributed by atoms with E-state index in [1.54, 1.807) is 0 Å². The minimum absolute atomic E-state index is 0.0285. The van der Waals surface area contributed by atoms with Gasteiger partial charge in [0.05, 0.1) is 0 Å². The molecule has 1 amide bonds. The number of aryl methyl sites for hydroxylation is 2. The Morgan fingerprint density at radius 3 is 2.55 bits per heavy atom. The van der Waals surface area contributed by atoms with E-state index in [9.17, 15) is 4.79 Å². The van der Waals surface area contributed by atoms with Gasteiger partial charge in [-0.15, -0.1) is 0 Å². The molecule has 1 aliphatic heterocycles. The van der Waals surface area contributed by atoms with Crippen molar-refractivity contribution in [3.8, 4) is 0 Å².